The van der Waals surface area contributed by atoms with Crippen LogP contribution in [0, 0.1) is 0 Å². The number of carbonyl (C=O) groups is 3. The minimum absolute atomic E-state index is 0.00551. The van der Waals surface area contributed by atoms with Crippen molar-refractivity contribution in [1.82, 2.24) is 14.4 Å². The summed E-state index contributed by atoms with van der Waals surface area (Å²) in [5.74, 6) is 0.447. The molecule has 3 amide bonds. The molecular formula is C43H42N4O5. The first-order valence-corrected chi connectivity index (χ1v) is 18.0. The number of nitrogens with zero attached hydrogens (tertiary/aromatic N) is 4. The van der Waals surface area contributed by atoms with Gasteiger partial charge in [-0.2, -0.15) is 0 Å². The van der Waals surface area contributed by atoms with Gasteiger partial charge in [0.25, 0.3) is 17.7 Å². The maximum atomic E-state index is 14.8. The van der Waals surface area contributed by atoms with Crippen LogP contribution in [0.4, 0.5) is 5.69 Å². The third kappa shape index (κ3) is 6.21. The van der Waals surface area contributed by atoms with E-state index in [1.54, 1.807) is 41.1 Å². The van der Waals surface area contributed by atoms with Crippen molar-refractivity contribution in [3.8, 4) is 22.8 Å². The lowest BCUT2D eigenvalue weighted by atomic mass is 9.92. The molecule has 8 rings (SSSR count). The van der Waals surface area contributed by atoms with Crippen LogP contribution in [-0.4, -0.2) is 56.9 Å². The van der Waals surface area contributed by atoms with Crippen molar-refractivity contribution in [2.45, 2.75) is 64.8 Å². The Kier molecular flexibility index (Phi) is 8.79. The highest BCUT2D eigenvalue weighted by Gasteiger charge is 2.34. The van der Waals surface area contributed by atoms with E-state index in [-0.39, 0.29) is 36.1 Å². The molecule has 0 radical (unpaired) electrons. The second kappa shape index (κ2) is 13.7. The van der Waals surface area contributed by atoms with Crippen LogP contribution >= 0.6 is 0 Å². The van der Waals surface area contributed by atoms with Crippen molar-refractivity contribution in [3.05, 3.63) is 136 Å². The van der Waals surface area contributed by atoms with Crippen LogP contribution in [-0.2, 0) is 43.8 Å². The van der Waals surface area contributed by atoms with Crippen LogP contribution in [0.15, 0.2) is 97.1 Å². The monoisotopic (exact) mass is 694 g/mol. The zero-order valence-corrected chi connectivity index (χ0v) is 29.5. The Morgan fingerprint density at radius 1 is 0.808 bits per heavy atom. The maximum absolute atomic E-state index is 14.8. The number of hydrogen-bond donors (Lipinski definition) is 1. The van der Waals surface area contributed by atoms with E-state index in [9.17, 15) is 19.5 Å². The van der Waals surface area contributed by atoms with Gasteiger partial charge in [-0.15, -0.1) is 0 Å². The number of benzene rings is 4. The summed E-state index contributed by atoms with van der Waals surface area (Å²) in [4.78, 5) is 47.8. The van der Waals surface area contributed by atoms with E-state index in [0.29, 0.717) is 42.2 Å². The fourth-order valence-corrected chi connectivity index (χ4v) is 7.93. The molecule has 0 bridgehead atoms. The number of amides is 3. The third-order valence-electron chi connectivity index (χ3n) is 10.8. The summed E-state index contributed by atoms with van der Waals surface area (Å²) >= 11 is 0. The van der Waals surface area contributed by atoms with E-state index in [0.717, 1.165) is 65.9 Å². The molecule has 0 fully saturated rings. The molecule has 3 aliphatic heterocycles. The van der Waals surface area contributed by atoms with Crippen molar-refractivity contribution in [3.63, 3.8) is 0 Å². The van der Waals surface area contributed by atoms with E-state index in [1.807, 2.05) is 59.5 Å². The van der Waals surface area contributed by atoms with E-state index in [2.05, 4.69) is 29.7 Å². The largest absolute Gasteiger partial charge is 0.508 e. The zero-order chi connectivity index (χ0) is 35.9. The maximum Gasteiger partial charge on any atom is 0.261 e. The van der Waals surface area contributed by atoms with Crippen LogP contribution in [0.3, 0.4) is 0 Å². The van der Waals surface area contributed by atoms with Gasteiger partial charge in [0.2, 0.25) is 0 Å². The van der Waals surface area contributed by atoms with Gasteiger partial charge >= 0.3 is 0 Å². The predicted octanol–water partition coefficient (Wildman–Crippen LogP) is 6.98. The van der Waals surface area contributed by atoms with Crippen molar-refractivity contribution in [2.24, 2.45) is 0 Å². The summed E-state index contributed by atoms with van der Waals surface area (Å²) in [6.45, 7) is 4.07. The number of aromatic hydroxyl groups is 1. The van der Waals surface area contributed by atoms with Gasteiger partial charge < -0.3 is 29.1 Å². The van der Waals surface area contributed by atoms with Crippen LogP contribution in [0.1, 0.15) is 68.4 Å². The first kappa shape index (κ1) is 33.3. The molecule has 1 atom stereocenters. The molecule has 5 aromatic rings. The lowest BCUT2D eigenvalue weighted by Crippen LogP contribution is -2.42. The van der Waals surface area contributed by atoms with Crippen molar-refractivity contribution in [2.75, 3.05) is 18.6 Å². The van der Waals surface area contributed by atoms with Gasteiger partial charge in [-0.1, -0.05) is 42.5 Å². The standard InChI is InChI=1S/C43H42N4O5/c1-28-20-29-10-6-7-11-30(29)26-47(28)43(51)37-22-32-25-45(41(49)27-52-35-12-4-3-5-13-35)24-31(32)21-36(37)40-23-38(39-14-8-9-19-46(39)40)42(50)44(2)33-15-17-34(48)18-16-33/h3-7,10-13,15-18,21-23,28,48H,8-9,14,19-20,24-27H2,1-2H3/t28-/m1/s1. The molecule has 0 unspecified atom stereocenters. The molecule has 0 spiro atoms. The number of aromatic nitrogens is 1. The molecule has 4 heterocycles. The molecule has 9 nitrogen and oxygen atoms in total. The van der Waals surface area contributed by atoms with Crippen LogP contribution < -0.4 is 9.64 Å². The summed E-state index contributed by atoms with van der Waals surface area (Å²) in [6.07, 6.45) is 3.46. The normalized spacial score (nSPS) is 16.2. The Bertz CT molecular complexity index is 2170. The van der Waals surface area contributed by atoms with Gasteiger partial charge in [0.05, 0.1) is 5.56 Å². The first-order valence-electron chi connectivity index (χ1n) is 18.0. The second-order valence-electron chi connectivity index (χ2n) is 14.2. The highest BCUT2D eigenvalue weighted by molar-refractivity contribution is 6.08. The molecule has 4 aromatic carbocycles. The summed E-state index contributed by atoms with van der Waals surface area (Å²) in [7, 11) is 1.74. The number of ether oxygens (including phenoxy) is 1. The average Bonchev–Trinajstić information content (AvgIpc) is 3.78. The third-order valence-corrected chi connectivity index (χ3v) is 10.8. The molecule has 3 aliphatic rings. The molecule has 0 aliphatic carbocycles. The molecular weight excluding hydrogens is 652 g/mol. The lowest BCUT2D eigenvalue weighted by molar-refractivity contribution is -0.134. The van der Waals surface area contributed by atoms with Crippen molar-refractivity contribution < 1.29 is 24.2 Å². The predicted molar refractivity (Wildman–Crippen MR) is 199 cm³/mol. The summed E-state index contributed by atoms with van der Waals surface area (Å²) in [5.41, 5.74) is 8.79. The number of carbonyl (C=O) groups excluding carboxylic acids is 3. The van der Waals surface area contributed by atoms with Crippen LogP contribution in [0.5, 0.6) is 11.5 Å². The first-order chi connectivity index (χ1) is 25.2. The fraction of sp³-hybridized carbons (Fsp3) is 0.279. The lowest BCUT2D eigenvalue weighted by Gasteiger charge is -2.35. The zero-order valence-electron chi connectivity index (χ0n) is 29.5. The number of hydrogen-bond acceptors (Lipinski definition) is 5. The number of para-hydroxylation sites is 1. The molecule has 264 valence electrons. The van der Waals surface area contributed by atoms with Gasteiger partial charge in [-0.25, -0.2) is 0 Å². The Hall–Kier alpha value is -5.83. The molecule has 0 saturated carbocycles. The average molecular weight is 695 g/mol. The van der Waals surface area contributed by atoms with E-state index in [1.165, 1.54) is 5.56 Å². The molecule has 0 saturated heterocycles. The smallest absolute Gasteiger partial charge is 0.261 e. The summed E-state index contributed by atoms with van der Waals surface area (Å²) in [5, 5.41) is 9.83. The van der Waals surface area contributed by atoms with Gasteiger partial charge in [0, 0.05) is 67.5 Å². The molecule has 9 heteroatoms. The number of fused-ring (bicyclic) bond motifs is 3. The van der Waals surface area contributed by atoms with E-state index in [4.69, 9.17) is 4.74 Å². The number of phenols is 1. The van der Waals surface area contributed by atoms with Gasteiger partial charge in [0.15, 0.2) is 6.61 Å². The highest BCUT2D eigenvalue weighted by Crippen LogP contribution is 2.38. The minimum atomic E-state index is -0.145. The summed E-state index contributed by atoms with van der Waals surface area (Å²) in [6, 6.07) is 30.2. The Morgan fingerprint density at radius 2 is 1.52 bits per heavy atom. The van der Waals surface area contributed by atoms with Gasteiger partial charge in [0.1, 0.15) is 11.5 Å². The van der Waals surface area contributed by atoms with Crippen LogP contribution in [0.25, 0.3) is 11.3 Å². The Morgan fingerprint density at radius 3 is 2.29 bits per heavy atom. The topological polar surface area (TPSA) is 95.3 Å². The van der Waals surface area contributed by atoms with E-state index >= 15 is 0 Å². The SMILES string of the molecule is C[C@@H]1Cc2ccccc2CN1C(=O)c1cc2c(cc1-c1cc(C(=O)N(C)c3ccc(O)cc3)c3n1CCCC3)CN(C(=O)COc1ccccc1)C2. The number of rotatable bonds is 7. The minimum Gasteiger partial charge on any atom is -0.508 e. The molecule has 1 N–H and O–H groups in total. The van der Waals surface area contributed by atoms with Crippen molar-refractivity contribution in [1.29, 1.82) is 0 Å². The second-order valence-corrected chi connectivity index (χ2v) is 14.2. The van der Waals surface area contributed by atoms with Crippen molar-refractivity contribution >= 4 is 23.4 Å². The van der Waals surface area contributed by atoms with E-state index < -0.39 is 0 Å². The van der Waals surface area contributed by atoms with Gasteiger partial charge in [-0.3, -0.25) is 14.4 Å². The van der Waals surface area contributed by atoms with Gasteiger partial charge in [-0.05, 0) is 109 Å². The fourth-order valence-electron chi connectivity index (χ4n) is 7.93. The molecule has 52 heavy (non-hydrogen) atoms. The Labute approximate surface area is 303 Å². The summed E-state index contributed by atoms with van der Waals surface area (Å²) < 4.78 is 8.02. The highest BCUT2D eigenvalue weighted by atomic mass is 16.5. The number of phenolic OH excluding ortho intramolecular Hbond substituents is 1. The van der Waals surface area contributed by atoms with Crippen LogP contribution in [0.2, 0.25) is 0 Å². The number of anilines is 1. The quantitative estimate of drug-likeness (QED) is 0.198. The molecule has 1 aromatic heterocycles. The Balaban J connectivity index is 1.18.